The van der Waals surface area contributed by atoms with E-state index in [9.17, 15) is 9.18 Å². The minimum atomic E-state index is -0.400. The Morgan fingerprint density at radius 2 is 1.82 bits per heavy atom. The van der Waals surface area contributed by atoms with Crippen molar-refractivity contribution in [2.45, 2.75) is 0 Å². The monoisotopic (exact) mass is 593 g/mol. The van der Waals surface area contributed by atoms with Crippen LogP contribution in [0.15, 0.2) is 67.1 Å². The van der Waals surface area contributed by atoms with Gasteiger partial charge in [0.2, 0.25) is 5.91 Å². The molecule has 1 aromatic carbocycles. The van der Waals surface area contributed by atoms with E-state index in [-0.39, 0.29) is 12.5 Å². The molecule has 0 aliphatic carbocycles. The second-order valence-corrected chi connectivity index (χ2v) is 11.0. The largest absolute Gasteiger partial charge is 0.492 e. The maximum atomic E-state index is 14.6. The Morgan fingerprint density at radius 3 is 2.64 bits per heavy atom. The average Bonchev–Trinajstić information content (AvgIpc) is 3.60. The first-order valence-corrected chi connectivity index (χ1v) is 14.1. The number of nitrogens with one attached hydrogen (secondary N) is 3. The summed E-state index contributed by atoms with van der Waals surface area (Å²) in [5, 5.41) is 11.3. The number of carbonyl (C=O) groups excluding carboxylic acids is 1. The van der Waals surface area contributed by atoms with Gasteiger partial charge in [0.15, 0.2) is 0 Å². The Hall–Kier alpha value is -5.20. The third-order valence-corrected chi connectivity index (χ3v) is 6.94. The third kappa shape index (κ3) is 6.26. The maximum Gasteiger partial charge on any atom is 0.238 e. The molecule has 6 aromatic rings. The Morgan fingerprint density at radius 1 is 0.955 bits per heavy atom. The van der Waals surface area contributed by atoms with E-state index in [1.54, 1.807) is 29.6 Å². The fraction of sp³-hybridized carbons (Fsp3) is 0.219. The van der Waals surface area contributed by atoms with Crippen LogP contribution in [0.1, 0.15) is 0 Å². The molecule has 0 radical (unpaired) electrons. The topological polar surface area (TPSA) is 128 Å². The molecule has 0 aliphatic heterocycles. The minimum absolute atomic E-state index is 0.131. The number of hydrogen-bond donors (Lipinski definition) is 3. The van der Waals surface area contributed by atoms with Gasteiger partial charge in [0.05, 0.1) is 41.0 Å². The Labute approximate surface area is 253 Å². The van der Waals surface area contributed by atoms with Gasteiger partial charge in [-0.05, 0) is 70.7 Å². The smallest absolute Gasteiger partial charge is 0.238 e. The van der Waals surface area contributed by atoms with E-state index in [1.165, 1.54) is 12.1 Å². The number of pyridine rings is 3. The number of rotatable bonds is 10. The molecular formula is C32H32FN9O2. The van der Waals surface area contributed by atoms with Crippen molar-refractivity contribution in [2.75, 3.05) is 53.2 Å². The molecule has 6 rings (SSSR count). The second-order valence-electron chi connectivity index (χ2n) is 11.0. The molecule has 0 fully saturated rings. The lowest BCUT2D eigenvalue weighted by Gasteiger charge is -2.12. The normalized spacial score (nSPS) is 11.6. The lowest BCUT2D eigenvalue weighted by Crippen LogP contribution is -2.27. The minimum Gasteiger partial charge on any atom is -0.492 e. The van der Waals surface area contributed by atoms with Gasteiger partial charge in [-0.1, -0.05) is 0 Å². The number of aromatic nitrogens is 6. The predicted octanol–water partition coefficient (Wildman–Crippen LogP) is 4.81. The molecule has 0 bridgehead atoms. The standard InChI is InChI=1S/C32H32FN9O2/c1-41(2)9-10-44-23-13-19(11-21(33)14-23)30-24-15-28(37-26(24)7-8-35-30)32-31-27(39-40-32)6-5-25(38-31)20-12-22(17-34-16-20)36-29(43)18-42(3)4/h5-8,11-17,37H,9-10,18H2,1-4H3,(H,36,43)(H,39,40). The SMILES string of the molecule is CN(C)CCOc1cc(F)cc(-c2nccc3[nH]c(-c4n[nH]c5ccc(-c6cncc(NC(=O)CN(C)C)c6)nc45)cc23)c1. The molecule has 5 aromatic heterocycles. The van der Waals surface area contributed by atoms with Gasteiger partial charge in [0.1, 0.15) is 29.4 Å². The summed E-state index contributed by atoms with van der Waals surface area (Å²) in [6, 6.07) is 14.1. The fourth-order valence-electron chi connectivity index (χ4n) is 4.92. The Kier molecular flexibility index (Phi) is 8.01. The van der Waals surface area contributed by atoms with Crippen molar-refractivity contribution in [3.8, 4) is 39.7 Å². The molecule has 0 spiro atoms. The Bertz CT molecular complexity index is 1960. The first-order chi connectivity index (χ1) is 21.2. The Balaban J connectivity index is 1.33. The summed E-state index contributed by atoms with van der Waals surface area (Å²) in [4.78, 5) is 33.3. The van der Waals surface area contributed by atoms with Crippen molar-refractivity contribution in [3.05, 3.63) is 72.9 Å². The summed E-state index contributed by atoms with van der Waals surface area (Å²) < 4.78 is 20.4. The fourth-order valence-corrected chi connectivity index (χ4v) is 4.92. The van der Waals surface area contributed by atoms with E-state index in [1.807, 2.05) is 63.4 Å². The number of halogens is 1. The van der Waals surface area contributed by atoms with Gasteiger partial charge in [0, 0.05) is 47.0 Å². The van der Waals surface area contributed by atoms with Gasteiger partial charge in [-0.3, -0.25) is 19.9 Å². The van der Waals surface area contributed by atoms with Gasteiger partial charge in [-0.15, -0.1) is 0 Å². The molecule has 1 amide bonds. The van der Waals surface area contributed by atoms with Gasteiger partial charge < -0.3 is 24.8 Å². The number of amides is 1. The first-order valence-electron chi connectivity index (χ1n) is 14.1. The molecule has 5 heterocycles. The van der Waals surface area contributed by atoms with E-state index in [0.717, 1.165) is 27.7 Å². The van der Waals surface area contributed by atoms with Crippen molar-refractivity contribution in [2.24, 2.45) is 0 Å². The average molecular weight is 594 g/mol. The lowest BCUT2D eigenvalue weighted by atomic mass is 10.1. The molecule has 11 nitrogen and oxygen atoms in total. The van der Waals surface area contributed by atoms with Crippen LogP contribution in [0.25, 0.3) is 55.8 Å². The van der Waals surface area contributed by atoms with Crippen LogP contribution in [0.2, 0.25) is 0 Å². The summed E-state index contributed by atoms with van der Waals surface area (Å²) in [5.41, 5.74) is 6.83. The summed E-state index contributed by atoms with van der Waals surface area (Å²) in [6.07, 6.45) is 4.99. The molecule has 3 N–H and O–H groups in total. The van der Waals surface area contributed by atoms with Gasteiger partial charge in [-0.2, -0.15) is 5.10 Å². The van der Waals surface area contributed by atoms with Crippen LogP contribution in [0, 0.1) is 5.82 Å². The molecule has 0 unspecified atom stereocenters. The van der Waals surface area contributed by atoms with Crippen molar-refractivity contribution >= 4 is 33.5 Å². The quantitative estimate of drug-likeness (QED) is 0.207. The molecule has 0 saturated heterocycles. The van der Waals surface area contributed by atoms with Crippen LogP contribution in [-0.4, -0.2) is 93.7 Å². The molecule has 0 atom stereocenters. The number of likely N-dealkylation sites (N-methyl/N-ethyl adjacent to an activating group) is 2. The summed E-state index contributed by atoms with van der Waals surface area (Å²) in [7, 11) is 7.58. The highest BCUT2D eigenvalue weighted by molar-refractivity contribution is 5.99. The number of benzene rings is 1. The summed E-state index contributed by atoms with van der Waals surface area (Å²) >= 11 is 0. The van der Waals surface area contributed by atoms with Gasteiger partial charge >= 0.3 is 0 Å². The number of hydrogen-bond acceptors (Lipinski definition) is 8. The highest BCUT2D eigenvalue weighted by atomic mass is 19.1. The van der Waals surface area contributed by atoms with Crippen LogP contribution in [0.5, 0.6) is 5.75 Å². The van der Waals surface area contributed by atoms with Crippen LogP contribution in [0.4, 0.5) is 10.1 Å². The van der Waals surface area contributed by atoms with Crippen molar-refractivity contribution < 1.29 is 13.9 Å². The number of H-pyrrole nitrogens is 2. The van der Waals surface area contributed by atoms with Crippen molar-refractivity contribution in [3.63, 3.8) is 0 Å². The van der Waals surface area contributed by atoms with Crippen molar-refractivity contribution in [1.82, 2.24) is 39.9 Å². The maximum absolute atomic E-state index is 14.6. The molecule has 224 valence electrons. The number of carbonyl (C=O) groups is 1. The van der Waals surface area contributed by atoms with Crippen LogP contribution < -0.4 is 10.1 Å². The second kappa shape index (κ2) is 12.2. The zero-order valence-corrected chi connectivity index (χ0v) is 24.8. The lowest BCUT2D eigenvalue weighted by molar-refractivity contribution is -0.116. The van der Waals surface area contributed by atoms with E-state index < -0.39 is 5.82 Å². The highest BCUT2D eigenvalue weighted by Crippen LogP contribution is 2.34. The van der Waals surface area contributed by atoms with Crippen LogP contribution in [0.3, 0.4) is 0 Å². The number of ether oxygens (including phenoxy) is 1. The molecule has 0 aliphatic rings. The van der Waals surface area contributed by atoms with Crippen LogP contribution in [-0.2, 0) is 4.79 Å². The molecule has 12 heteroatoms. The van der Waals surface area contributed by atoms with Crippen LogP contribution >= 0.6 is 0 Å². The van der Waals surface area contributed by atoms with E-state index in [2.05, 4.69) is 30.5 Å². The number of nitrogens with zero attached hydrogens (tertiary/aromatic N) is 6. The summed E-state index contributed by atoms with van der Waals surface area (Å²) in [6.45, 7) is 1.41. The highest BCUT2D eigenvalue weighted by Gasteiger charge is 2.17. The number of anilines is 1. The zero-order chi connectivity index (χ0) is 30.8. The van der Waals surface area contributed by atoms with E-state index in [4.69, 9.17) is 9.72 Å². The third-order valence-electron chi connectivity index (χ3n) is 6.94. The van der Waals surface area contributed by atoms with E-state index in [0.29, 0.717) is 52.8 Å². The molecular weight excluding hydrogens is 561 g/mol. The number of fused-ring (bicyclic) bond motifs is 2. The van der Waals surface area contributed by atoms with Gasteiger partial charge in [-0.25, -0.2) is 9.37 Å². The van der Waals surface area contributed by atoms with E-state index >= 15 is 0 Å². The first kappa shape index (κ1) is 28.9. The van der Waals surface area contributed by atoms with Gasteiger partial charge in [0.25, 0.3) is 0 Å². The molecule has 44 heavy (non-hydrogen) atoms. The zero-order valence-electron chi connectivity index (χ0n) is 24.8. The predicted molar refractivity (Wildman–Crippen MR) is 169 cm³/mol. The summed E-state index contributed by atoms with van der Waals surface area (Å²) in [5.74, 6) is -0.0847. The van der Waals surface area contributed by atoms with Crippen molar-refractivity contribution in [1.29, 1.82) is 0 Å². The molecule has 0 saturated carbocycles. The number of aromatic amines is 2.